The fourth-order valence-electron chi connectivity index (χ4n) is 2.94. The van der Waals surface area contributed by atoms with E-state index in [1.54, 1.807) is 30.3 Å². The topological polar surface area (TPSA) is 76.7 Å². The number of benzene rings is 3. The van der Waals surface area contributed by atoms with Gasteiger partial charge in [-0.1, -0.05) is 62.4 Å². The number of carbonyl (C=O) groups is 2. The molecule has 166 valence electrons. The number of nitrogens with one attached hydrogen (secondary N) is 2. The summed E-state index contributed by atoms with van der Waals surface area (Å²) in [5.41, 5.74) is 7.07. The van der Waals surface area contributed by atoms with Crippen LogP contribution in [0.3, 0.4) is 0 Å². The van der Waals surface area contributed by atoms with E-state index in [4.69, 9.17) is 9.47 Å². The standard InChI is InChI=1S/C26H28N2O4/c1-19(2)16-17-31-22-14-12-21(13-15-22)26(30)28-27-25(29)18-32-24-11-7-6-10-23(24)20-8-4-3-5-9-20/h3-15,19H,16-18H2,1-2H3,(H,27,29)(H,28,30). The Morgan fingerprint density at radius 2 is 1.50 bits per heavy atom. The van der Waals surface area contributed by atoms with Gasteiger partial charge in [-0.3, -0.25) is 20.4 Å². The van der Waals surface area contributed by atoms with Crippen LogP contribution in [-0.4, -0.2) is 25.0 Å². The lowest BCUT2D eigenvalue weighted by atomic mass is 10.1. The first-order chi connectivity index (χ1) is 15.5. The molecule has 0 heterocycles. The monoisotopic (exact) mass is 432 g/mol. The number of ether oxygens (including phenoxy) is 2. The zero-order chi connectivity index (χ0) is 22.8. The fraction of sp³-hybridized carbons (Fsp3) is 0.231. The van der Waals surface area contributed by atoms with E-state index in [9.17, 15) is 9.59 Å². The third kappa shape index (κ3) is 6.87. The van der Waals surface area contributed by atoms with Gasteiger partial charge in [0.05, 0.1) is 6.61 Å². The molecule has 0 saturated carbocycles. The molecular formula is C26H28N2O4. The molecule has 2 N–H and O–H groups in total. The van der Waals surface area contributed by atoms with Gasteiger partial charge in [0.25, 0.3) is 11.8 Å². The Labute approximate surface area is 188 Å². The summed E-state index contributed by atoms with van der Waals surface area (Å²) in [6, 6.07) is 24.0. The van der Waals surface area contributed by atoms with Crippen molar-refractivity contribution in [1.82, 2.24) is 10.9 Å². The second-order valence-corrected chi connectivity index (χ2v) is 7.71. The summed E-state index contributed by atoms with van der Waals surface area (Å²) in [5.74, 6) is 0.982. The van der Waals surface area contributed by atoms with Crippen LogP contribution in [0.5, 0.6) is 11.5 Å². The largest absolute Gasteiger partial charge is 0.494 e. The highest BCUT2D eigenvalue weighted by atomic mass is 16.5. The van der Waals surface area contributed by atoms with Gasteiger partial charge in [-0.05, 0) is 48.2 Å². The summed E-state index contributed by atoms with van der Waals surface area (Å²) in [7, 11) is 0. The van der Waals surface area contributed by atoms with E-state index in [0.717, 1.165) is 17.5 Å². The minimum atomic E-state index is -0.463. The molecule has 0 aromatic heterocycles. The number of hydrogen-bond donors (Lipinski definition) is 2. The number of rotatable bonds is 9. The molecule has 0 unspecified atom stereocenters. The lowest BCUT2D eigenvalue weighted by Gasteiger charge is -2.12. The first-order valence-electron chi connectivity index (χ1n) is 10.6. The molecule has 6 nitrogen and oxygen atoms in total. The molecule has 0 aliphatic carbocycles. The average molecular weight is 433 g/mol. The van der Waals surface area contributed by atoms with Gasteiger partial charge in [-0.2, -0.15) is 0 Å². The van der Waals surface area contributed by atoms with E-state index in [2.05, 4.69) is 24.7 Å². The average Bonchev–Trinajstić information content (AvgIpc) is 2.82. The summed E-state index contributed by atoms with van der Waals surface area (Å²) < 4.78 is 11.3. The minimum Gasteiger partial charge on any atom is -0.494 e. The molecule has 0 atom stereocenters. The highest BCUT2D eigenvalue weighted by Crippen LogP contribution is 2.29. The van der Waals surface area contributed by atoms with Crippen LogP contribution in [0, 0.1) is 5.92 Å². The lowest BCUT2D eigenvalue weighted by molar-refractivity contribution is -0.123. The van der Waals surface area contributed by atoms with Crippen LogP contribution in [0.4, 0.5) is 0 Å². The maximum Gasteiger partial charge on any atom is 0.276 e. The molecule has 3 aromatic rings. The Morgan fingerprint density at radius 3 is 2.22 bits per heavy atom. The van der Waals surface area contributed by atoms with Crippen LogP contribution in [0.2, 0.25) is 0 Å². The molecular weight excluding hydrogens is 404 g/mol. The highest BCUT2D eigenvalue weighted by molar-refractivity contribution is 5.95. The Bertz CT molecular complexity index is 1020. The third-order valence-corrected chi connectivity index (χ3v) is 4.73. The first-order valence-corrected chi connectivity index (χ1v) is 10.6. The third-order valence-electron chi connectivity index (χ3n) is 4.73. The van der Waals surface area contributed by atoms with Crippen LogP contribution in [0.1, 0.15) is 30.6 Å². The van der Waals surface area contributed by atoms with Crippen LogP contribution < -0.4 is 20.3 Å². The summed E-state index contributed by atoms with van der Waals surface area (Å²) >= 11 is 0. The van der Waals surface area contributed by atoms with E-state index in [-0.39, 0.29) is 6.61 Å². The van der Waals surface area contributed by atoms with Crippen molar-refractivity contribution >= 4 is 11.8 Å². The maximum atomic E-state index is 12.3. The van der Waals surface area contributed by atoms with Gasteiger partial charge >= 0.3 is 0 Å². The molecule has 0 aliphatic rings. The quantitative estimate of drug-likeness (QED) is 0.484. The van der Waals surface area contributed by atoms with Crippen molar-refractivity contribution in [3.63, 3.8) is 0 Å². The normalized spacial score (nSPS) is 10.5. The van der Waals surface area contributed by atoms with Gasteiger partial charge in [0.15, 0.2) is 6.61 Å². The zero-order valence-corrected chi connectivity index (χ0v) is 18.3. The predicted molar refractivity (Wildman–Crippen MR) is 124 cm³/mol. The van der Waals surface area contributed by atoms with Crippen LogP contribution in [0.25, 0.3) is 11.1 Å². The van der Waals surface area contributed by atoms with Crippen molar-refractivity contribution in [2.24, 2.45) is 5.92 Å². The summed E-state index contributed by atoms with van der Waals surface area (Å²) in [4.78, 5) is 24.4. The summed E-state index contributed by atoms with van der Waals surface area (Å²) in [6.45, 7) is 4.68. The van der Waals surface area contributed by atoms with E-state index in [0.29, 0.717) is 29.6 Å². The van der Waals surface area contributed by atoms with Gasteiger partial charge in [-0.15, -0.1) is 0 Å². The van der Waals surface area contributed by atoms with Crippen molar-refractivity contribution in [1.29, 1.82) is 0 Å². The van der Waals surface area contributed by atoms with Crippen molar-refractivity contribution in [2.45, 2.75) is 20.3 Å². The molecule has 3 rings (SSSR count). The van der Waals surface area contributed by atoms with E-state index < -0.39 is 11.8 Å². The fourth-order valence-corrected chi connectivity index (χ4v) is 2.94. The van der Waals surface area contributed by atoms with Crippen LogP contribution in [-0.2, 0) is 4.79 Å². The van der Waals surface area contributed by atoms with Crippen LogP contribution >= 0.6 is 0 Å². The molecule has 0 spiro atoms. The van der Waals surface area contributed by atoms with Crippen LogP contribution in [0.15, 0.2) is 78.9 Å². The molecule has 0 radical (unpaired) electrons. The van der Waals surface area contributed by atoms with Crippen molar-refractivity contribution in [2.75, 3.05) is 13.2 Å². The second kappa shape index (κ2) is 11.6. The van der Waals surface area contributed by atoms with Crippen molar-refractivity contribution in [3.8, 4) is 22.6 Å². The number of amides is 2. The maximum absolute atomic E-state index is 12.3. The summed E-state index contributed by atoms with van der Waals surface area (Å²) in [6.07, 6.45) is 0.964. The van der Waals surface area contributed by atoms with Gasteiger partial charge in [-0.25, -0.2) is 0 Å². The van der Waals surface area contributed by atoms with E-state index >= 15 is 0 Å². The molecule has 3 aromatic carbocycles. The number of carbonyl (C=O) groups excluding carboxylic acids is 2. The Balaban J connectivity index is 1.47. The number of hydrogen-bond acceptors (Lipinski definition) is 4. The smallest absolute Gasteiger partial charge is 0.276 e. The Hall–Kier alpha value is -3.80. The lowest BCUT2D eigenvalue weighted by Crippen LogP contribution is -2.43. The molecule has 2 amide bonds. The zero-order valence-electron chi connectivity index (χ0n) is 18.3. The van der Waals surface area contributed by atoms with Gasteiger partial charge < -0.3 is 9.47 Å². The molecule has 0 bridgehead atoms. The molecule has 6 heteroatoms. The van der Waals surface area contributed by atoms with Gasteiger partial charge in [0.2, 0.25) is 0 Å². The number of hydrazine groups is 1. The Morgan fingerprint density at radius 1 is 0.812 bits per heavy atom. The Kier molecular flexibility index (Phi) is 8.26. The van der Waals surface area contributed by atoms with E-state index in [1.165, 1.54) is 0 Å². The predicted octanol–water partition coefficient (Wildman–Crippen LogP) is 4.62. The summed E-state index contributed by atoms with van der Waals surface area (Å²) in [5, 5.41) is 0. The molecule has 0 fully saturated rings. The number of para-hydroxylation sites is 1. The molecule has 32 heavy (non-hydrogen) atoms. The van der Waals surface area contributed by atoms with Gasteiger partial charge in [0, 0.05) is 11.1 Å². The highest BCUT2D eigenvalue weighted by Gasteiger charge is 2.10. The second-order valence-electron chi connectivity index (χ2n) is 7.71. The van der Waals surface area contributed by atoms with Crippen molar-refractivity contribution < 1.29 is 19.1 Å². The molecule has 0 saturated heterocycles. The first kappa shape index (κ1) is 22.9. The van der Waals surface area contributed by atoms with Crippen molar-refractivity contribution in [3.05, 3.63) is 84.4 Å². The van der Waals surface area contributed by atoms with E-state index in [1.807, 2.05) is 48.5 Å². The SMILES string of the molecule is CC(C)CCOc1ccc(C(=O)NNC(=O)COc2ccccc2-c2ccccc2)cc1. The molecule has 0 aliphatic heterocycles. The van der Waals surface area contributed by atoms with Gasteiger partial charge in [0.1, 0.15) is 11.5 Å². The minimum absolute atomic E-state index is 0.229.